The molecular formula is C11H12N2O3S. The second-order valence-electron chi connectivity index (χ2n) is 3.61. The Balaban J connectivity index is 1.84. The van der Waals surface area contributed by atoms with Crippen LogP contribution in [0.25, 0.3) is 11.5 Å². The molecule has 2 heterocycles. The standard InChI is InChI=1S/C11H12N2O3S/c14-10(15)4-2-1-3-9-12-13-11(16-9)8-5-6-17-7-8/h5-7H,1-4H2,(H,14,15). The molecule has 0 saturated carbocycles. The molecule has 0 unspecified atom stereocenters. The molecule has 0 saturated heterocycles. The zero-order chi connectivity index (χ0) is 12.1. The van der Waals surface area contributed by atoms with Crippen LogP contribution < -0.4 is 0 Å². The van der Waals surface area contributed by atoms with Crippen molar-refractivity contribution in [2.24, 2.45) is 0 Å². The zero-order valence-corrected chi connectivity index (χ0v) is 9.94. The van der Waals surface area contributed by atoms with Crippen molar-refractivity contribution in [2.75, 3.05) is 0 Å². The molecule has 5 nitrogen and oxygen atoms in total. The lowest BCUT2D eigenvalue weighted by Gasteiger charge is -1.93. The molecule has 0 atom stereocenters. The molecule has 90 valence electrons. The van der Waals surface area contributed by atoms with Crippen molar-refractivity contribution in [3.8, 4) is 11.5 Å². The average molecular weight is 252 g/mol. The topological polar surface area (TPSA) is 76.2 Å². The number of carboxylic acids is 1. The minimum atomic E-state index is -0.769. The highest BCUT2D eigenvalue weighted by atomic mass is 32.1. The van der Waals surface area contributed by atoms with E-state index in [4.69, 9.17) is 9.52 Å². The minimum Gasteiger partial charge on any atom is -0.481 e. The average Bonchev–Trinajstić information content (AvgIpc) is 2.94. The second-order valence-corrected chi connectivity index (χ2v) is 4.39. The van der Waals surface area contributed by atoms with Gasteiger partial charge < -0.3 is 9.52 Å². The Bertz CT molecular complexity index is 479. The van der Waals surface area contributed by atoms with Gasteiger partial charge in [0.1, 0.15) is 0 Å². The molecule has 0 radical (unpaired) electrons. The van der Waals surface area contributed by atoms with Gasteiger partial charge in [-0.2, -0.15) is 11.3 Å². The van der Waals surface area contributed by atoms with Crippen LogP contribution in [-0.4, -0.2) is 21.3 Å². The quantitative estimate of drug-likeness (QED) is 0.800. The molecule has 0 fully saturated rings. The van der Waals surface area contributed by atoms with Crippen molar-refractivity contribution >= 4 is 17.3 Å². The van der Waals surface area contributed by atoms with Gasteiger partial charge in [0.2, 0.25) is 11.8 Å². The predicted octanol–water partition coefficient (Wildman–Crippen LogP) is 2.60. The van der Waals surface area contributed by atoms with Gasteiger partial charge in [0.15, 0.2) is 0 Å². The van der Waals surface area contributed by atoms with Crippen molar-refractivity contribution in [3.63, 3.8) is 0 Å². The van der Waals surface area contributed by atoms with Gasteiger partial charge in [-0.25, -0.2) is 0 Å². The number of unbranched alkanes of at least 4 members (excludes halogenated alkanes) is 1. The molecule has 17 heavy (non-hydrogen) atoms. The maximum absolute atomic E-state index is 10.3. The Labute approximate surface area is 102 Å². The number of aliphatic carboxylic acids is 1. The smallest absolute Gasteiger partial charge is 0.303 e. The SMILES string of the molecule is O=C(O)CCCCc1nnc(-c2ccsc2)o1. The van der Waals surface area contributed by atoms with E-state index < -0.39 is 5.97 Å². The molecule has 0 aliphatic carbocycles. The van der Waals surface area contributed by atoms with Crippen LogP contribution in [0, 0.1) is 0 Å². The van der Waals surface area contributed by atoms with Gasteiger partial charge in [-0.05, 0) is 24.3 Å². The van der Waals surface area contributed by atoms with Crippen LogP contribution in [0.2, 0.25) is 0 Å². The van der Waals surface area contributed by atoms with E-state index in [1.807, 2.05) is 16.8 Å². The first kappa shape index (κ1) is 11.8. The van der Waals surface area contributed by atoms with Gasteiger partial charge in [0.05, 0.1) is 0 Å². The number of thiophene rings is 1. The van der Waals surface area contributed by atoms with Gasteiger partial charge in [0, 0.05) is 23.8 Å². The minimum absolute atomic E-state index is 0.186. The molecule has 0 aliphatic heterocycles. The Morgan fingerprint density at radius 1 is 1.41 bits per heavy atom. The number of aryl methyl sites for hydroxylation is 1. The summed E-state index contributed by atoms with van der Waals surface area (Å²) in [5.41, 5.74) is 0.930. The lowest BCUT2D eigenvalue weighted by atomic mass is 10.2. The highest BCUT2D eigenvalue weighted by molar-refractivity contribution is 7.08. The fourth-order valence-electron chi connectivity index (χ4n) is 1.41. The summed E-state index contributed by atoms with van der Waals surface area (Å²) in [6, 6.07) is 1.92. The number of hydrogen-bond donors (Lipinski definition) is 1. The summed E-state index contributed by atoms with van der Waals surface area (Å²) in [5.74, 6) is 0.325. The van der Waals surface area contributed by atoms with Crippen molar-refractivity contribution in [1.29, 1.82) is 0 Å². The maximum atomic E-state index is 10.3. The predicted molar refractivity (Wildman–Crippen MR) is 62.8 cm³/mol. The van der Waals surface area contributed by atoms with Crippen LogP contribution in [0.15, 0.2) is 21.2 Å². The van der Waals surface area contributed by atoms with Crippen LogP contribution in [0.4, 0.5) is 0 Å². The Morgan fingerprint density at radius 3 is 3.00 bits per heavy atom. The Kier molecular flexibility index (Phi) is 3.87. The van der Waals surface area contributed by atoms with Crippen molar-refractivity contribution in [1.82, 2.24) is 10.2 Å². The first-order chi connectivity index (χ1) is 8.25. The largest absolute Gasteiger partial charge is 0.481 e. The van der Waals surface area contributed by atoms with E-state index in [-0.39, 0.29) is 6.42 Å². The summed E-state index contributed by atoms with van der Waals surface area (Å²) < 4.78 is 5.47. The summed E-state index contributed by atoms with van der Waals surface area (Å²) in [5, 5.41) is 20.3. The third kappa shape index (κ3) is 3.39. The van der Waals surface area contributed by atoms with E-state index in [2.05, 4.69) is 10.2 Å². The Hall–Kier alpha value is -1.69. The van der Waals surface area contributed by atoms with Gasteiger partial charge in [-0.15, -0.1) is 10.2 Å². The molecule has 1 N–H and O–H groups in total. The molecule has 0 aromatic carbocycles. The van der Waals surface area contributed by atoms with Crippen LogP contribution in [0.5, 0.6) is 0 Å². The lowest BCUT2D eigenvalue weighted by Crippen LogP contribution is -1.95. The highest BCUT2D eigenvalue weighted by Gasteiger charge is 2.08. The second kappa shape index (κ2) is 5.58. The fraction of sp³-hybridized carbons (Fsp3) is 0.364. The first-order valence-electron chi connectivity index (χ1n) is 5.32. The van der Waals surface area contributed by atoms with Crippen molar-refractivity contribution in [2.45, 2.75) is 25.7 Å². The summed E-state index contributed by atoms with van der Waals surface area (Å²) in [6.45, 7) is 0. The lowest BCUT2D eigenvalue weighted by molar-refractivity contribution is -0.137. The maximum Gasteiger partial charge on any atom is 0.303 e. The van der Waals surface area contributed by atoms with E-state index in [0.29, 0.717) is 24.6 Å². The molecular weight excluding hydrogens is 240 g/mol. The summed E-state index contributed by atoms with van der Waals surface area (Å²) in [6.07, 6.45) is 2.19. The van der Waals surface area contributed by atoms with E-state index >= 15 is 0 Å². The third-order valence-electron chi connectivity index (χ3n) is 2.27. The molecule has 6 heteroatoms. The zero-order valence-electron chi connectivity index (χ0n) is 9.13. The van der Waals surface area contributed by atoms with Gasteiger partial charge in [-0.3, -0.25) is 4.79 Å². The third-order valence-corrected chi connectivity index (χ3v) is 2.95. The van der Waals surface area contributed by atoms with E-state index in [9.17, 15) is 4.79 Å². The summed E-state index contributed by atoms with van der Waals surface area (Å²) in [4.78, 5) is 10.3. The van der Waals surface area contributed by atoms with Crippen LogP contribution in [0.1, 0.15) is 25.2 Å². The monoisotopic (exact) mass is 252 g/mol. The number of carbonyl (C=O) groups is 1. The van der Waals surface area contributed by atoms with Gasteiger partial charge >= 0.3 is 5.97 Å². The van der Waals surface area contributed by atoms with Crippen LogP contribution in [0.3, 0.4) is 0 Å². The van der Waals surface area contributed by atoms with E-state index in [1.54, 1.807) is 11.3 Å². The molecule has 2 aromatic rings. The Morgan fingerprint density at radius 2 is 2.29 bits per heavy atom. The van der Waals surface area contributed by atoms with Gasteiger partial charge in [0.25, 0.3) is 0 Å². The molecule has 0 amide bonds. The number of aromatic nitrogens is 2. The van der Waals surface area contributed by atoms with Crippen LogP contribution >= 0.6 is 11.3 Å². The highest BCUT2D eigenvalue weighted by Crippen LogP contribution is 2.20. The molecule has 0 bridgehead atoms. The fourth-order valence-corrected chi connectivity index (χ4v) is 2.04. The van der Waals surface area contributed by atoms with Crippen LogP contribution in [-0.2, 0) is 11.2 Å². The first-order valence-corrected chi connectivity index (χ1v) is 6.27. The summed E-state index contributed by atoms with van der Waals surface area (Å²) in [7, 11) is 0. The van der Waals surface area contributed by atoms with Crippen molar-refractivity contribution < 1.29 is 14.3 Å². The molecule has 2 aromatic heterocycles. The van der Waals surface area contributed by atoms with E-state index in [0.717, 1.165) is 12.0 Å². The number of rotatable bonds is 6. The summed E-state index contributed by atoms with van der Waals surface area (Å²) >= 11 is 1.58. The number of hydrogen-bond acceptors (Lipinski definition) is 5. The molecule has 0 spiro atoms. The normalized spacial score (nSPS) is 10.6. The number of carboxylic acid groups (broad SMARTS) is 1. The van der Waals surface area contributed by atoms with E-state index in [1.165, 1.54) is 0 Å². The van der Waals surface area contributed by atoms with Gasteiger partial charge in [-0.1, -0.05) is 0 Å². The molecule has 2 rings (SSSR count). The van der Waals surface area contributed by atoms with Crippen molar-refractivity contribution in [3.05, 3.63) is 22.7 Å². The molecule has 0 aliphatic rings. The number of nitrogens with zero attached hydrogens (tertiary/aromatic N) is 2.